The van der Waals surface area contributed by atoms with E-state index in [-0.39, 0.29) is 18.1 Å². The van der Waals surface area contributed by atoms with Crippen LogP contribution in [0.4, 0.5) is 11.4 Å². The fraction of sp³-hybridized carbons (Fsp3) is 0.364. The van der Waals surface area contributed by atoms with Gasteiger partial charge in [0.15, 0.2) is 6.29 Å². The lowest BCUT2D eigenvalue weighted by atomic mass is 10.1. The second kappa shape index (κ2) is 12.2. The number of aliphatic carboxylic acids is 1. The predicted molar refractivity (Wildman–Crippen MR) is 128 cm³/mol. The SMILES string of the molecule is O=C(O)Cc1ccc(NC(=O)[C@H](COC2CCCCO2)NS(=O)(=O)c2ccc(Cl)c([N+](=O)[O-])c2)cc1. The number of carbonyl (C=O) groups excluding carboxylic acids is 1. The summed E-state index contributed by atoms with van der Waals surface area (Å²) >= 11 is 5.77. The first kappa shape index (κ1) is 27.5. The zero-order valence-electron chi connectivity index (χ0n) is 18.9. The molecule has 14 heteroatoms. The van der Waals surface area contributed by atoms with Gasteiger partial charge in [-0.05, 0) is 49.1 Å². The normalized spacial score (nSPS) is 16.8. The van der Waals surface area contributed by atoms with Crippen molar-refractivity contribution in [3.8, 4) is 0 Å². The zero-order chi connectivity index (χ0) is 26.3. The number of nitro benzene ring substituents is 1. The maximum absolute atomic E-state index is 13.0. The number of carbonyl (C=O) groups is 2. The summed E-state index contributed by atoms with van der Waals surface area (Å²) < 4.78 is 39.3. The molecule has 36 heavy (non-hydrogen) atoms. The molecule has 3 rings (SSSR count). The molecule has 2 aromatic rings. The van der Waals surface area contributed by atoms with Crippen LogP contribution < -0.4 is 10.0 Å². The Hall–Kier alpha value is -3.10. The molecular weight excluding hydrogens is 518 g/mol. The summed E-state index contributed by atoms with van der Waals surface area (Å²) in [6.45, 7) is 0.104. The summed E-state index contributed by atoms with van der Waals surface area (Å²) in [4.78, 5) is 33.7. The third kappa shape index (κ3) is 7.70. The van der Waals surface area contributed by atoms with Crippen molar-refractivity contribution in [2.45, 2.75) is 42.9 Å². The Morgan fingerprint density at radius 2 is 1.94 bits per heavy atom. The number of anilines is 1. The molecule has 12 nitrogen and oxygen atoms in total. The van der Waals surface area contributed by atoms with Crippen LogP contribution in [0.5, 0.6) is 0 Å². The van der Waals surface area contributed by atoms with Crippen molar-refractivity contribution in [1.82, 2.24) is 4.72 Å². The second-order valence-electron chi connectivity index (χ2n) is 7.93. The summed E-state index contributed by atoms with van der Waals surface area (Å²) in [6, 6.07) is 7.53. The molecule has 0 radical (unpaired) electrons. The minimum atomic E-state index is -4.40. The summed E-state index contributed by atoms with van der Waals surface area (Å²) in [7, 11) is -4.40. The minimum absolute atomic E-state index is 0.195. The quantitative estimate of drug-likeness (QED) is 0.285. The Balaban J connectivity index is 1.79. The number of carboxylic acids is 1. The van der Waals surface area contributed by atoms with Crippen LogP contribution >= 0.6 is 11.6 Å². The van der Waals surface area contributed by atoms with E-state index in [9.17, 15) is 28.1 Å². The highest BCUT2D eigenvalue weighted by Crippen LogP contribution is 2.27. The van der Waals surface area contributed by atoms with Crippen molar-refractivity contribution in [2.24, 2.45) is 0 Å². The van der Waals surface area contributed by atoms with Gasteiger partial charge in [-0.25, -0.2) is 8.42 Å². The van der Waals surface area contributed by atoms with Gasteiger partial charge in [-0.15, -0.1) is 0 Å². The van der Waals surface area contributed by atoms with Crippen LogP contribution in [0.3, 0.4) is 0 Å². The number of benzene rings is 2. The van der Waals surface area contributed by atoms with Crippen LogP contribution in [0.15, 0.2) is 47.4 Å². The topological polar surface area (TPSA) is 174 Å². The average Bonchev–Trinajstić information content (AvgIpc) is 2.83. The summed E-state index contributed by atoms with van der Waals surface area (Å²) in [6.07, 6.45) is 1.49. The molecule has 2 atom stereocenters. The van der Waals surface area contributed by atoms with Crippen molar-refractivity contribution in [3.63, 3.8) is 0 Å². The molecule has 1 unspecified atom stereocenters. The van der Waals surface area contributed by atoms with Crippen molar-refractivity contribution < 1.29 is 37.5 Å². The molecule has 0 saturated carbocycles. The Morgan fingerprint density at radius 1 is 1.22 bits per heavy atom. The Kier molecular flexibility index (Phi) is 9.34. The number of hydrogen-bond donors (Lipinski definition) is 3. The highest BCUT2D eigenvalue weighted by atomic mass is 35.5. The first-order chi connectivity index (χ1) is 17.0. The molecule has 0 bridgehead atoms. The van der Waals surface area contributed by atoms with Gasteiger partial charge >= 0.3 is 5.97 Å². The van der Waals surface area contributed by atoms with E-state index in [1.165, 1.54) is 24.3 Å². The lowest BCUT2D eigenvalue weighted by molar-refractivity contribution is -0.384. The van der Waals surface area contributed by atoms with Gasteiger partial charge in [-0.3, -0.25) is 19.7 Å². The zero-order valence-corrected chi connectivity index (χ0v) is 20.5. The van der Waals surface area contributed by atoms with E-state index in [4.69, 9.17) is 26.2 Å². The number of halogens is 1. The van der Waals surface area contributed by atoms with Gasteiger partial charge in [0.2, 0.25) is 15.9 Å². The minimum Gasteiger partial charge on any atom is -0.481 e. The number of ether oxygens (including phenoxy) is 2. The molecule has 3 N–H and O–H groups in total. The molecule has 1 heterocycles. The lowest BCUT2D eigenvalue weighted by Gasteiger charge is -2.25. The molecule has 2 aromatic carbocycles. The van der Waals surface area contributed by atoms with Gasteiger partial charge in [-0.2, -0.15) is 4.72 Å². The Labute approximate surface area is 211 Å². The monoisotopic (exact) mass is 541 g/mol. The molecule has 194 valence electrons. The molecule has 0 aromatic heterocycles. The molecular formula is C22H24ClN3O9S. The highest BCUT2D eigenvalue weighted by Gasteiger charge is 2.29. The van der Waals surface area contributed by atoms with E-state index in [1.807, 2.05) is 0 Å². The second-order valence-corrected chi connectivity index (χ2v) is 10.1. The van der Waals surface area contributed by atoms with Gasteiger partial charge < -0.3 is 19.9 Å². The van der Waals surface area contributed by atoms with E-state index < -0.39 is 49.7 Å². The van der Waals surface area contributed by atoms with Crippen LogP contribution in [0.1, 0.15) is 24.8 Å². The fourth-order valence-corrected chi connectivity index (χ4v) is 4.76. The van der Waals surface area contributed by atoms with Crippen molar-refractivity contribution >= 4 is 44.9 Å². The number of amides is 1. The number of nitrogens with one attached hydrogen (secondary N) is 2. The number of carboxylic acid groups (broad SMARTS) is 1. The van der Waals surface area contributed by atoms with Crippen molar-refractivity contribution in [2.75, 3.05) is 18.5 Å². The highest BCUT2D eigenvalue weighted by molar-refractivity contribution is 7.89. The van der Waals surface area contributed by atoms with Gasteiger partial charge in [-0.1, -0.05) is 23.7 Å². The molecule has 1 saturated heterocycles. The number of nitrogens with zero attached hydrogens (tertiary/aromatic N) is 1. The third-order valence-electron chi connectivity index (χ3n) is 5.20. The number of nitro groups is 1. The summed E-state index contributed by atoms with van der Waals surface area (Å²) in [5.41, 5.74) is 0.211. The Bertz CT molecular complexity index is 1220. The van der Waals surface area contributed by atoms with Crippen LogP contribution in [-0.4, -0.2) is 55.9 Å². The fourth-order valence-electron chi connectivity index (χ4n) is 3.37. The summed E-state index contributed by atoms with van der Waals surface area (Å²) in [5.74, 6) is -1.77. The van der Waals surface area contributed by atoms with Crippen LogP contribution in [0.25, 0.3) is 0 Å². The van der Waals surface area contributed by atoms with Gasteiger partial charge in [0.05, 0.1) is 22.8 Å². The number of sulfonamides is 1. The van der Waals surface area contributed by atoms with Gasteiger partial charge in [0.25, 0.3) is 5.69 Å². The standard InChI is InChI=1S/C22H24ClN3O9S/c23-17-9-8-16(12-19(17)26(30)31)36(32,33)25-18(13-35-21-3-1-2-10-34-21)22(29)24-15-6-4-14(5-7-15)11-20(27)28/h4-9,12,18,21,25H,1-3,10-11,13H2,(H,24,29)(H,27,28)/t18-,21?/m0/s1. The first-order valence-corrected chi connectivity index (χ1v) is 12.7. The molecule has 0 aliphatic carbocycles. The first-order valence-electron chi connectivity index (χ1n) is 10.9. The average molecular weight is 542 g/mol. The van der Waals surface area contributed by atoms with E-state index >= 15 is 0 Å². The largest absolute Gasteiger partial charge is 0.481 e. The molecule has 1 amide bonds. The van der Waals surface area contributed by atoms with Gasteiger partial charge in [0.1, 0.15) is 11.1 Å². The maximum Gasteiger partial charge on any atom is 0.307 e. The van der Waals surface area contributed by atoms with Crippen molar-refractivity contribution in [3.05, 3.63) is 63.2 Å². The smallest absolute Gasteiger partial charge is 0.307 e. The molecule has 0 spiro atoms. The van der Waals surface area contributed by atoms with Crippen molar-refractivity contribution in [1.29, 1.82) is 0 Å². The number of rotatable bonds is 11. The lowest BCUT2D eigenvalue weighted by Crippen LogP contribution is -2.47. The predicted octanol–water partition coefficient (Wildman–Crippen LogP) is 2.70. The van der Waals surface area contributed by atoms with Crippen LogP contribution in [0.2, 0.25) is 5.02 Å². The van der Waals surface area contributed by atoms with E-state index in [0.29, 0.717) is 24.3 Å². The molecule has 1 aliphatic heterocycles. The summed E-state index contributed by atoms with van der Waals surface area (Å²) in [5, 5.41) is 22.4. The van der Waals surface area contributed by atoms with Crippen LogP contribution in [-0.2, 0) is 35.5 Å². The molecule has 1 aliphatic rings. The van der Waals surface area contributed by atoms with Crippen LogP contribution in [0, 0.1) is 10.1 Å². The van der Waals surface area contributed by atoms with Gasteiger partial charge in [0, 0.05) is 18.4 Å². The maximum atomic E-state index is 13.0. The van der Waals surface area contributed by atoms with E-state index in [1.54, 1.807) is 0 Å². The Morgan fingerprint density at radius 3 is 2.56 bits per heavy atom. The number of hydrogen-bond acceptors (Lipinski definition) is 8. The van der Waals surface area contributed by atoms with E-state index in [2.05, 4.69) is 10.0 Å². The van der Waals surface area contributed by atoms with E-state index in [0.717, 1.165) is 31.0 Å². The third-order valence-corrected chi connectivity index (χ3v) is 6.99. The molecule has 1 fully saturated rings.